The predicted octanol–water partition coefficient (Wildman–Crippen LogP) is 4.06. The number of benzene rings is 1. The van der Waals surface area contributed by atoms with Gasteiger partial charge in [-0.05, 0) is 24.6 Å². The zero-order chi connectivity index (χ0) is 12.2. The largest absolute Gasteiger partial charge is 0.419 e. The van der Waals surface area contributed by atoms with Crippen molar-refractivity contribution in [3.63, 3.8) is 0 Å². The molecule has 0 spiro atoms. The van der Waals surface area contributed by atoms with Crippen LogP contribution in [0.15, 0.2) is 18.2 Å². The summed E-state index contributed by atoms with van der Waals surface area (Å²) in [6, 6.07) is 2.93. The average molecular weight is 235 g/mol. The third-order valence-corrected chi connectivity index (χ3v) is 2.13. The van der Waals surface area contributed by atoms with Gasteiger partial charge < -0.3 is 5.32 Å². The Morgan fingerprint density at radius 3 is 2.50 bits per heavy atom. The first-order chi connectivity index (χ1) is 7.45. The molecule has 5 heteroatoms. The van der Waals surface area contributed by atoms with Crippen LogP contribution in [0.4, 0.5) is 23.2 Å². The van der Waals surface area contributed by atoms with Crippen LogP contribution in [-0.2, 0) is 6.18 Å². The molecule has 16 heavy (non-hydrogen) atoms. The SMILES string of the molecule is CCCCNc1ccc(F)c(C(F)(F)F)c1. The van der Waals surface area contributed by atoms with E-state index in [1.165, 1.54) is 6.07 Å². The summed E-state index contributed by atoms with van der Waals surface area (Å²) in [5.74, 6) is -1.24. The van der Waals surface area contributed by atoms with Crippen molar-refractivity contribution in [2.24, 2.45) is 0 Å². The van der Waals surface area contributed by atoms with Crippen molar-refractivity contribution >= 4 is 5.69 Å². The number of nitrogens with one attached hydrogen (secondary N) is 1. The molecule has 0 heterocycles. The highest BCUT2D eigenvalue weighted by molar-refractivity contribution is 5.47. The summed E-state index contributed by atoms with van der Waals surface area (Å²) in [4.78, 5) is 0. The molecule has 0 aliphatic carbocycles. The zero-order valence-corrected chi connectivity index (χ0v) is 8.87. The van der Waals surface area contributed by atoms with Crippen molar-refractivity contribution in [2.45, 2.75) is 25.9 Å². The Kier molecular flexibility index (Phi) is 4.15. The van der Waals surface area contributed by atoms with Gasteiger partial charge in [0.2, 0.25) is 0 Å². The first kappa shape index (κ1) is 12.8. The fraction of sp³-hybridized carbons (Fsp3) is 0.455. The molecule has 1 aromatic rings. The molecule has 1 N–H and O–H groups in total. The normalized spacial score (nSPS) is 11.6. The monoisotopic (exact) mass is 235 g/mol. The van der Waals surface area contributed by atoms with Gasteiger partial charge in [-0.2, -0.15) is 13.2 Å². The molecule has 1 aromatic carbocycles. The van der Waals surface area contributed by atoms with E-state index in [9.17, 15) is 17.6 Å². The summed E-state index contributed by atoms with van der Waals surface area (Å²) in [6.07, 6.45) is -2.84. The van der Waals surface area contributed by atoms with Crippen LogP contribution in [0.2, 0.25) is 0 Å². The van der Waals surface area contributed by atoms with Crippen molar-refractivity contribution in [3.8, 4) is 0 Å². The number of unbranched alkanes of at least 4 members (excludes halogenated alkanes) is 1. The van der Waals surface area contributed by atoms with Crippen LogP contribution in [0.5, 0.6) is 0 Å². The summed E-state index contributed by atoms with van der Waals surface area (Å²) >= 11 is 0. The Morgan fingerprint density at radius 2 is 1.94 bits per heavy atom. The second-order valence-electron chi connectivity index (χ2n) is 3.47. The van der Waals surface area contributed by atoms with E-state index in [0.717, 1.165) is 25.0 Å². The smallest absolute Gasteiger partial charge is 0.385 e. The van der Waals surface area contributed by atoms with Crippen LogP contribution < -0.4 is 5.32 Å². The molecule has 0 amide bonds. The molecule has 0 aliphatic heterocycles. The second kappa shape index (κ2) is 5.18. The number of rotatable bonds is 4. The quantitative estimate of drug-likeness (QED) is 0.613. The van der Waals surface area contributed by atoms with Crippen molar-refractivity contribution < 1.29 is 17.6 Å². The van der Waals surface area contributed by atoms with E-state index in [4.69, 9.17) is 0 Å². The Balaban J connectivity index is 2.82. The minimum atomic E-state index is -4.65. The fourth-order valence-electron chi connectivity index (χ4n) is 1.26. The van der Waals surface area contributed by atoms with Gasteiger partial charge in [-0.25, -0.2) is 4.39 Å². The standard InChI is InChI=1S/C11H13F4N/c1-2-3-6-16-8-4-5-10(12)9(7-8)11(13,14)15/h4-5,7,16H,2-3,6H2,1H3. The van der Waals surface area contributed by atoms with Gasteiger partial charge in [0.05, 0.1) is 5.56 Å². The number of anilines is 1. The maximum atomic E-state index is 12.9. The number of hydrogen-bond donors (Lipinski definition) is 1. The molecule has 0 fully saturated rings. The molecule has 0 unspecified atom stereocenters. The lowest BCUT2D eigenvalue weighted by Gasteiger charge is -2.11. The van der Waals surface area contributed by atoms with Gasteiger partial charge >= 0.3 is 6.18 Å². The molecular formula is C11H13F4N. The maximum Gasteiger partial charge on any atom is 0.419 e. The lowest BCUT2D eigenvalue weighted by molar-refractivity contribution is -0.139. The topological polar surface area (TPSA) is 12.0 Å². The third-order valence-electron chi connectivity index (χ3n) is 2.13. The molecule has 1 rings (SSSR count). The summed E-state index contributed by atoms with van der Waals surface area (Å²) in [5.41, 5.74) is -0.934. The maximum absolute atomic E-state index is 12.9. The van der Waals surface area contributed by atoms with Crippen LogP contribution in [0.3, 0.4) is 0 Å². The van der Waals surface area contributed by atoms with E-state index < -0.39 is 17.6 Å². The van der Waals surface area contributed by atoms with Crippen molar-refractivity contribution in [3.05, 3.63) is 29.6 Å². The number of hydrogen-bond acceptors (Lipinski definition) is 1. The lowest BCUT2D eigenvalue weighted by Crippen LogP contribution is -2.09. The van der Waals surface area contributed by atoms with Crippen LogP contribution >= 0.6 is 0 Å². The molecule has 0 saturated heterocycles. The first-order valence-corrected chi connectivity index (χ1v) is 5.05. The van der Waals surface area contributed by atoms with Crippen LogP contribution in [-0.4, -0.2) is 6.54 Å². The van der Waals surface area contributed by atoms with Crippen LogP contribution in [0, 0.1) is 5.82 Å². The van der Waals surface area contributed by atoms with Gasteiger partial charge in [0.25, 0.3) is 0 Å². The predicted molar refractivity (Wildman–Crippen MR) is 54.8 cm³/mol. The Hall–Kier alpha value is -1.26. The summed E-state index contributed by atoms with van der Waals surface area (Å²) in [6.45, 7) is 2.56. The van der Waals surface area contributed by atoms with Gasteiger partial charge in [-0.3, -0.25) is 0 Å². The third kappa shape index (κ3) is 3.40. The van der Waals surface area contributed by atoms with E-state index in [1.54, 1.807) is 0 Å². The number of alkyl halides is 3. The van der Waals surface area contributed by atoms with E-state index in [1.807, 2.05) is 6.92 Å². The molecule has 0 bridgehead atoms. The highest BCUT2D eigenvalue weighted by Gasteiger charge is 2.34. The second-order valence-corrected chi connectivity index (χ2v) is 3.47. The van der Waals surface area contributed by atoms with Gasteiger partial charge in [0.1, 0.15) is 5.82 Å². The van der Waals surface area contributed by atoms with Gasteiger partial charge in [-0.15, -0.1) is 0 Å². The van der Waals surface area contributed by atoms with Gasteiger partial charge in [0, 0.05) is 12.2 Å². The van der Waals surface area contributed by atoms with Crippen LogP contribution in [0.1, 0.15) is 25.3 Å². The van der Waals surface area contributed by atoms with Crippen LogP contribution in [0.25, 0.3) is 0 Å². The fourth-order valence-corrected chi connectivity index (χ4v) is 1.26. The molecule has 0 radical (unpaired) electrons. The molecule has 1 nitrogen and oxygen atoms in total. The van der Waals surface area contributed by atoms with E-state index in [0.29, 0.717) is 12.2 Å². The Labute approximate surface area is 91.5 Å². The summed E-state index contributed by atoms with van der Waals surface area (Å²) in [7, 11) is 0. The zero-order valence-electron chi connectivity index (χ0n) is 8.87. The lowest BCUT2D eigenvalue weighted by atomic mass is 10.1. The minimum absolute atomic E-state index is 0.294. The Morgan fingerprint density at radius 1 is 1.25 bits per heavy atom. The first-order valence-electron chi connectivity index (χ1n) is 5.05. The summed E-state index contributed by atoms with van der Waals surface area (Å²) in [5, 5.41) is 2.82. The van der Waals surface area contributed by atoms with Gasteiger partial charge in [0.15, 0.2) is 0 Å². The number of halogens is 4. The molecule has 0 saturated carbocycles. The molecule has 90 valence electrons. The van der Waals surface area contributed by atoms with Crippen molar-refractivity contribution in [2.75, 3.05) is 11.9 Å². The highest BCUT2D eigenvalue weighted by atomic mass is 19.4. The molecule has 0 aromatic heterocycles. The Bertz CT molecular complexity index is 346. The highest BCUT2D eigenvalue weighted by Crippen LogP contribution is 2.32. The molecule has 0 aliphatic rings. The minimum Gasteiger partial charge on any atom is -0.385 e. The molecule has 0 atom stereocenters. The van der Waals surface area contributed by atoms with Gasteiger partial charge in [-0.1, -0.05) is 13.3 Å². The summed E-state index contributed by atoms with van der Waals surface area (Å²) < 4.78 is 50.0. The average Bonchev–Trinajstić information content (AvgIpc) is 2.19. The van der Waals surface area contributed by atoms with E-state index >= 15 is 0 Å². The van der Waals surface area contributed by atoms with Crippen molar-refractivity contribution in [1.82, 2.24) is 0 Å². The molecular weight excluding hydrogens is 222 g/mol. The van der Waals surface area contributed by atoms with E-state index in [2.05, 4.69) is 5.32 Å². The van der Waals surface area contributed by atoms with Crippen molar-refractivity contribution in [1.29, 1.82) is 0 Å². The van der Waals surface area contributed by atoms with E-state index in [-0.39, 0.29) is 0 Å².